The molecule has 0 aromatic heterocycles. The van der Waals surface area contributed by atoms with Gasteiger partial charge in [-0.25, -0.2) is 4.57 Å². The molecule has 0 aliphatic carbocycles. The third kappa shape index (κ3) is 45.8. The first kappa shape index (κ1) is 62.7. The second-order valence-electron chi connectivity index (χ2n) is 16.6. The van der Waals surface area contributed by atoms with Gasteiger partial charge in [0.1, 0.15) is 12.7 Å². The topological polar surface area (TPSA) is 155 Å². The van der Waals surface area contributed by atoms with Gasteiger partial charge in [0.05, 0.1) is 26.2 Å². The first-order chi connectivity index (χ1) is 32.2. The van der Waals surface area contributed by atoms with Crippen LogP contribution in [0.5, 0.6) is 0 Å². The number of esters is 3. The van der Waals surface area contributed by atoms with Crippen molar-refractivity contribution in [2.45, 2.75) is 213 Å². The van der Waals surface area contributed by atoms with Crippen LogP contribution in [0.15, 0.2) is 85.1 Å². The fourth-order valence-corrected chi connectivity index (χ4v) is 7.19. The summed E-state index contributed by atoms with van der Waals surface area (Å²) in [5.41, 5.74) is 0. The molecule has 0 fully saturated rings. The van der Waals surface area contributed by atoms with Crippen molar-refractivity contribution < 1.29 is 52.2 Å². The van der Waals surface area contributed by atoms with Gasteiger partial charge in [-0.1, -0.05) is 176 Å². The van der Waals surface area contributed by atoms with E-state index in [1.54, 1.807) is 6.08 Å². The van der Waals surface area contributed by atoms with E-state index in [0.29, 0.717) is 19.3 Å². The molecule has 3 atom stereocenters. The molecule has 0 aromatic rings. The highest BCUT2D eigenvalue weighted by molar-refractivity contribution is 7.47. The number of unbranched alkanes of at least 4 members (excludes halogenated alkanes) is 16. The van der Waals surface area contributed by atoms with Gasteiger partial charge in [0.15, 0.2) is 6.10 Å². The summed E-state index contributed by atoms with van der Waals surface area (Å²) in [5, 5.41) is 9.75. The average Bonchev–Trinajstić information content (AvgIpc) is 3.30. The number of carbonyl (C=O) groups is 3. The van der Waals surface area contributed by atoms with Crippen molar-refractivity contribution in [2.75, 3.05) is 26.4 Å². The van der Waals surface area contributed by atoms with Crippen LogP contribution in [0.2, 0.25) is 0 Å². The molecular weight excluding hydrogens is 856 g/mol. The van der Waals surface area contributed by atoms with Gasteiger partial charge in [0.25, 0.3) is 0 Å². The molecule has 378 valence electrons. The maximum atomic E-state index is 12.8. The Bertz CT molecular complexity index is 1430. The summed E-state index contributed by atoms with van der Waals surface area (Å²) in [6.45, 7) is 4.31. The summed E-state index contributed by atoms with van der Waals surface area (Å²) in [4.78, 5) is 48.2. The van der Waals surface area contributed by atoms with Crippen LogP contribution in [0.1, 0.15) is 201 Å². The molecule has 0 spiro atoms. The van der Waals surface area contributed by atoms with E-state index in [1.807, 2.05) is 18.2 Å². The summed E-state index contributed by atoms with van der Waals surface area (Å²) in [7, 11) is -4.77. The number of aliphatic hydroxyl groups excluding tert-OH is 1. The summed E-state index contributed by atoms with van der Waals surface area (Å²) >= 11 is 0. The van der Waals surface area contributed by atoms with Crippen molar-refractivity contribution in [3.8, 4) is 0 Å². The van der Waals surface area contributed by atoms with Crippen molar-refractivity contribution >= 4 is 25.7 Å². The van der Waals surface area contributed by atoms with Crippen molar-refractivity contribution in [1.29, 1.82) is 0 Å². The zero-order valence-corrected chi connectivity index (χ0v) is 42.3. The number of carbonyl (C=O) groups excluding carboxylic acids is 3. The smallest absolute Gasteiger partial charge is 0.462 e. The lowest BCUT2D eigenvalue weighted by Crippen LogP contribution is -2.30. The van der Waals surface area contributed by atoms with Gasteiger partial charge in [0, 0.05) is 12.8 Å². The second kappa shape index (κ2) is 48.1. The third-order valence-electron chi connectivity index (χ3n) is 10.3. The molecule has 0 aromatic carbocycles. The molecule has 0 amide bonds. The minimum atomic E-state index is -4.77. The standard InChI is InChI=1S/C54H91O11P/c1-4-7-10-13-16-19-22-24-25-27-30-33-36-39-42-45-54(58)65-51(47-61-52(56)43-40-37-34-31-29-26-23-20-17-14-11-8-5-2)49-63-66(59,60)62-48-50(46-55)64-53(57)44-41-38-35-32-28-21-18-15-12-9-6-3/h7,10,15-16,18-20,23-25,30,33,39,42,50-51,55H,4-6,8-9,11-14,17,21-22,26-29,31-32,34-38,40-41,43-49H2,1-3H3,(H,59,60)/b10-7-,18-15-,19-16-,23-20-,25-24-,33-30-,42-39-. The molecule has 0 bridgehead atoms. The zero-order valence-electron chi connectivity index (χ0n) is 41.4. The lowest BCUT2D eigenvalue weighted by atomic mass is 10.1. The monoisotopic (exact) mass is 947 g/mol. The summed E-state index contributed by atoms with van der Waals surface area (Å²) in [6.07, 6.45) is 53.0. The first-order valence-corrected chi connectivity index (χ1v) is 27.0. The lowest BCUT2D eigenvalue weighted by Gasteiger charge is -2.21. The van der Waals surface area contributed by atoms with Crippen molar-refractivity contribution in [3.63, 3.8) is 0 Å². The molecule has 0 heterocycles. The van der Waals surface area contributed by atoms with Gasteiger partial charge in [-0.15, -0.1) is 0 Å². The number of phosphoric acid groups is 1. The zero-order chi connectivity index (χ0) is 48.4. The SMILES string of the molecule is CC/C=C\C/C=C\C/C=C\C/C=C\C/C=C\CC(=O)OC(COC(=O)CCCCCCC/C=C\CCCCCC)COP(=O)(O)OCC(CO)OC(=O)CCCCCCC/C=C\CCCC. The van der Waals surface area contributed by atoms with Crippen LogP contribution in [0.25, 0.3) is 0 Å². The Kier molecular flexibility index (Phi) is 45.7. The third-order valence-corrected chi connectivity index (χ3v) is 11.3. The Hall–Kier alpha value is -3.34. The van der Waals surface area contributed by atoms with Crippen LogP contribution < -0.4 is 0 Å². The molecule has 66 heavy (non-hydrogen) atoms. The van der Waals surface area contributed by atoms with Gasteiger partial charge in [-0.2, -0.15) is 0 Å². The van der Waals surface area contributed by atoms with E-state index in [2.05, 4.69) is 81.5 Å². The van der Waals surface area contributed by atoms with E-state index in [0.717, 1.165) is 103 Å². The van der Waals surface area contributed by atoms with Crippen molar-refractivity contribution in [1.82, 2.24) is 0 Å². The molecule has 3 unspecified atom stereocenters. The minimum absolute atomic E-state index is 0.0691. The molecule has 0 saturated heterocycles. The number of allylic oxidation sites excluding steroid dienone is 13. The van der Waals surface area contributed by atoms with E-state index in [4.69, 9.17) is 23.3 Å². The van der Waals surface area contributed by atoms with E-state index in [9.17, 15) is 28.9 Å². The summed E-state index contributed by atoms with van der Waals surface area (Å²) in [5.74, 6) is -1.65. The molecule has 0 saturated carbocycles. The minimum Gasteiger partial charge on any atom is -0.462 e. The lowest BCUT2D eigenvalue weighted by molar-refractivity contribution is -0.160. The number of phosphoric ester groups is 1. The van der Waals surface area contributed by atoms with Crippen LogP contribution in [0.4, 0.5) is 0 Å². The maximum Gasteiger partial charge on any atom is 0.472 e. The van der Waals surface area contributed by atoms with Gasteiger partial charge < -0.3 is 24.2 Å². The molecule has 0 rings (SSSR count). The molecular formula is C54H91O11P. The number of hydrogen-bond acceptors (Lipinski definition) is 10. The Morgan fingerprint density at radius 1 is 0.455 bits per heavy atom. The highest BCUT2D eigenvalue weighted by atomic mass is 31.2. The van der Waals surface area contributed by atoms with Gasteiger partial charge in [-0.3, -0.25) is 23.4 Å². The Balaban J connectivity index is 4.90. The van der Waals surface area contributed by atoms with Crippen molar-refractivity contribution in [2.24, 2.45) is 0 Å². The van der Waals surface area contributed by atoms with Crippen LogP contribution in [0, 0.1) is 0 Å². The molecule has 11 nitrogen and oxygen atoms in total. The fourth-order valence-electron chi connectivity index (χ4n) is 6.41. The van der Waals surface area contributed by atoms with Gasteiger partial charge in [0.2, 0.25) is 0 Å². The predicted octanol–water partition coefficient (Wildman–Crippen LogP) is 14.4. The highest BCUT2D eigenvalue weighted by Crippen LogP contribution is 2.43. The Morgan fingerprint density at radius 2 is 0.864 bits per heavy atom. The normalized spacial score (nSPS) is 14.2. The maximum absolute atomic E-state index is 12.8. The first-order valence-electron chi connectivity index (χ1n) is 25.5. The number of aliphatic hydroxyl groups is 1. The Morgan fingerprint density at radius 3 is 1.36 bits per heavy atom. The van der Waals surface area contributed by atoms with E-state index >= 15 is 0 Å². The number of ether oxygens (including phenoxy) is 3. The van der Waals surface area contributed by atoms with Crippen LogP contribution in [-0.2, 0) is 42.2 Å². The summed E-state index contributed by atoms with van der Waals surface area (Å²) < 4.78 is 39.1. The quantitative estimate of drug-likeness (QED) is 0.0197. The largest absolute Gasteiger partial charge is 0.472 e. The van der Waals surface area contributed by atoms with E-state index in [-0.39, 0.29) is 25.9 Å². The Labute approximate surface area is 400 Å². The van der Waals surface area contributed by atoms with Crippen molar-refractivity contribution in [3.05, 3.63) is 85.1 Å². The van der Waals surface area contributed by atoms with Gasteiger partial charge in [-0.05, 0) is 89.9 Å². The van der Waals surface area contributed by atoms with Crippen LogP contribution in [0.3, 0.4) is 0 Å². The predicted molar refractivity (Wildman–Crippen MR) is 270 cm³/mol. The molecule has 12 heteroatoms. The number of hydrogen-bond donors (Lipinski definition) is 2. The number of rotatable bonds is 46. The fraction of sp³-hybridized carbons (Fsp3) is 0.685. The molecule has 2 N–H and O–H groups in total. The highest BCUT2D eigenvalue weighted by Gasteiger charge is 2.28. The van der Waals surface area contributed by atoms with E-state index in [1.165, 1.54) is 38.5 Å². The second-order valence-corrected chi connectivity index (χ2v) is 18.1. The summed E-state index contributed by atoms with van der Waals surface area (Å²) in [6, 6.07) is 0. The van der Waals surface area contributed by atoms with E-state index < -0.39 is 57.8 Å². The average molecular weight is 947 g/mol. The van der Waals surface area contributed by atoms with Gasteiger partial charge >= 0.3 is 25.7 Å². The molecule has 0 radical (unpaired) electrons. The van der Waals surface area contributed by atoms with Crippen LogP contribution in [-0.4, -0.2) is 66.5 Å². The van der Waals surface area contributed by atoms with Crippen LogP contribution >= 0.6 is 7.82 Å². The molecule has 0 aliphatic heterocycles. The molecule has 0 aliphatic rings.